The Hall–Kier alpha value is -1.93. The third-order valence-electron chi connectivity index (χ3n) is 2.79. The molecule has 0 aromatic heterocycles. The van der Waals surface area contributed by atoms with Crippen LogP contribution in [-0.4, -0.2) is 12.1 Å². The maximum absolute atomic E-state index is 12.3. The second-order valence-electron chi connectivity index (χ2n) is 3.92. The molecule has 0 bridgehead atoms. The number of hydrogen-bond donors (Lipinski definition) is 0. The molecule has 0 atom stereocenters. The Morgan fingerprint density at radius 3 is 2.39 bits per heavy atom. The van der Waals surface area contributed by atoms with Gasteiger partial charge in [-0.2, -0.15) is 0 Å². The largest absolute Gasteiger partial charge is 0.289 e. The molecule has 0 saturated carbocycles. The van der Waals surface area contributed by atoms with Gasteiger partial charge in [-0.1, -0.05) is 29.8 Å². The van der Waals surface area contributed by atoms with E-state index in [1.54, 1.807) is 49.4 Å². The second kappa shape index (κ2) is 5.15. The van der Waals surface area contributed by atoms with Gasteiger partial charge in [-0.25, -0.2) is 0 Å². The van der Waals surface area contributed by atoms with Crippen LogP contribution in [0.1, 0.15) is 27.0 Å². The average Bonchev–Trinajstić information content (AvgIpc) is 2.39. The molecular weight excluding hydrogens is 248 g/mol. The molecule has 0 spiro atoms. The summed E-state index contributed by atoms with van der Waals surface area (Å²) < 4.78 is 0. The molecule has 3 heteroatoms. The van der Waals surface area contributed by atoms with Gasteiger partial charge in [-0.3, -0.25) is 9.59 Å². The highest BCUT2D eigenvalue weighted by molar-refractivity contribution is 6.30. The van der Waals surface area contributed by atoms with Crippen molar-refractivity contribution >= 4 is 23.7 Å². The SMILES string of the molecule is Cc1c([C]=O)cccc1C(=O)c1ccc(Cl)cc1. The summed E-state index contributed by atoms with van der Waals surface area (Å²) >= 11 is 5.78. The highest BCUT2D eigenvalue weighted by Crippen LogP contribution is 2.18. The summed E-state index contributed by atoms with van der Waals surface area (Å²) in [7, 11) is 0. The van der Waals surface area contributed by atoms with Gasteiger partial charge in [0.1, 0.15) is 0 Å². The summed E-state index contributed by atoms with van der Waals surface area (Å²) in [6, 6.07) is 11.7. The molecule has 2 aromatic carbocycles. The molecular formula is C15H10ClO2. The first-order valence-corrected chi connectivity index (χ1v) is 5.79. The third kappa shape index (κ3) is 2.34. The lowest BCUT2D eigenvalue weighted by atomic mass is 9.96. The third-order valence-corrected chi connectivity index (χ3v) is 3.05. The van der Waals surface area contributed by atoms with E-state index in [4.69, 9.17) is 11.6 Å². The van der Waals surface area contributed by atoms with Crippen molar-refractivity contribution in [1.82, 2.24) is 0 Å². The zero-order valence-corrected chi connectivity index (χ0v) is 10.5. The zero-order valence-electron chi connectivity index (χ0n) is 9.74. The minimum Gasteiger partial charge on any atom is -0.289 e. The molecule has 0 aliphatic carbocycles. The van der Waals surface area contributed by atoms with Crippen LogP contribution < -0.4 is 0 Å². The summed E-state index contributed by atoms with van der Waals surface area (Å²) in [5, 5.41) is 0.582. The van der Waals surface area contributed by atoms with Crippen LogP contribution in [0.3, 0.4) is 0 Å². The molecule has 0 heterocycles. The maximum atomic E-state index is 12.3. The summed E-state index contributed by atoms with van der Waals surface area (Å²) in [6.45, 7) is 1.74. The summed E-state index contributed by atoms with van der Waals surface area (Å²) in [4.78, 5) is 23.0. The van der Waals surface area contributed by atoms with Crippen molar-refractivity contribution < 1.29 is 9.59 Å². The summed E-state index contributed by atoms with van der Waals surface area (Å²) in [5.74, 6) is -0.124. The lowest BCUT2D eigenvalue weighted by Gasteiger charge is -2.06. The van der Waals surface area contributed by atoms with E-state index < -0.39 is 0 Å². The molecule has 0 saturated heterocycles. The van der Waals surface area contributed by atoms with Crippen molar-refractivity contribution in [2.75, 3.05) is 0 Å². The Balaban J connectivity index is 2.46. The van der Waals surface area contributed by atoms with E-state index in [2.05, 4.69) is 0 Å². The Kier molecular flexibility index (Phi) is 3.58. The highest BCUT2D eigenvalue weighted by Gasteiger charge is 2.13. The summed E-state index contributed by atoms with van der Waals surface area (Å²) in [6.07, 6.45) is 1.83. The van der Waals surface area contributed by atoms with Crippen LogP contribution in [-0.2, 0) is 4.79 Å². The van der Waals surface area contributed by atoms with Crippen molar-refractivity contribution in [3.05, 3.63) is 69.7 Å². The summed E-state index contributed by atoms with van der Waals surface area (Å²) in [5.41, 5.74) is 2.12. The van der Waals surface area contributed by atoms with E-state index in [-0.39, 0.29) is 5.78 Å². The lowest BCUT2D eigenvalue weighted by molar-refractivity contribution is 0.103. The van der Waals surface area contributed by atoms with Gasteiger partial charge in [0.05, 0.1) is 0 Å². The molecule has 2 aromatic rings. The fourth-order valence-electron chi connectivity index (χ4n) is 1.75. The first-order chi connectivity index (χ1) is 8.63. The van der Waals surface area contributed by atoms with Crippen LogP contribution in [0.5, 0.6) is 0 Å². The van der Waals surface area contributed by atoms with Crippen LogP contribution in [0, 0.1) is 6.92 Å². The Labute approximate surface area is 110 Å². The van der Waals surface area contributed by atoms with E-state index in [1.807, 2.05) is 6.29 Å². The van der Waals surface area contributed by atoms with Crippen LogP contribution in [0.2, 0.25) is 5.02 Å². The molecule has 0 aliphatic rings. The highest BCUT2D eigenvalue weighted by atomic mass is 35.5. The number of carbonyl (C=O) groups excluding carboxylic acids is 2. The topological polar surface area (TPSA) is 34.1 Å². The molecule has 1 radical (unpaired) electrons. The first kappa shape index (κ1) is 12.5. The number of benzene rings is 2. The van der Waals surface area contributed by atoms with E-state index >= 15 is 0 Å². The van der Waals surface area contributed by atoms with E-state index in [1.165, 1.54) is 0 Å². The molecule has 2 rings (SSSR count). The van der Waals surface area contributed by atoms with Gasteiger partial charge in [-0.05, 0) is 36.8 Å². The van der Waals surface area contributed by atoms with Gasteiger partial charge >= 0.3 is 0 Å². The fraction of sp³-hybridized carbons (Fsp3) is 0.0667. The van der Waals surface area contributed by atoms with Gasteiger partial charge in [-0.15, -0.1) is 0 Å². The van der Waals surface area contributed by atoms with E-state index in [9.17, 15) is 9.59 Å². The Morgan fingerprint density at radius 1 is 1.11 bits per heavy atom. The Bertz CT molecular complexity index is 600. The predicted octanol–water partition coefficient (Wildman–Crippen LogP) is 3.34. The molecule has 2 nitrogen and oxygen atoms in total. The lowest BCUT2D eigenvalue weighted by Crippen LogP contribution is -2.05. The minimum absolute atomic E-state index is 0.124. The Morgan fingerprint density at radius 2 is 1.78 bits per heavy atom. The van der Waals surface area contributed by atoms with Crippen LogP contribution >= 0.6 is 11.6 Å². The monoisotopic (exact) mass is 257 g/mol. The van der Waals surface area contributed by atoms with Crippen molar-refractivity contribution in [2.24, 2.45) is 0 Å². The maximum Gasteiger partial charge on any atom is 0.233 e. The molecule has 0 N–H and O–H groups in total. The number of ketones is 1. The molecule has 18 heavy (non-hydrogen) atoms. The minimum atomic E-state index is -0.124. The van der Waals surface area contributed by atoms with Gasteiger partial charge in [0.15, 0.2) is 5.78 Å². The van der Waals surface area contributed by atoms with Crippen molar-refractivity contribution in [3.8, 4) is 0 Å². The smallest absolute Gasteiger partial charge is 0.233 e. The van der Waals surface area contributed by atoms with Crippen LogP contribution in [0.25, 0.3) is 0 Å². The molecule has 0 amide bonds. The van der Waals surface area contributed by atoms with Gasteiger partial charge in [0.2, 0.25) is 6.29 Å². The fourth-order valence-corrected chi connectivity index (χ4v) is 1.87. The first-order valence-electron chi connectivity index (χ1n) is 5.41. The van der Waals surface area contributed by atoms with E-state index in [0.717, 1.165) is 0 Å². The van der Waals surface area contributed by atoms with Crippen LogP contribution in [0.15, 0.2) is 42.5 Å². The van der Waals surface area contributed by atoms with Crippen molar-refractivity contribution in [2.45, 2.75) is 6.92 Å². The number of halogens is 1. The quantitative estimate of drug-likeness (QED) is 0.791. The van der Waals surface area contributed by atoms with Crippen molar-refractivity contribution in [1.29, 1.82) is 0 Å². The van der Waals surface area contributed by atoms with Crippen LogP contribution in [0.4, 0.5) is 0 Å². The van der Waals surface area contributed by atoms with E-state index in [0.29, 0.717) is 27.3 Å². The number of carbonyl (C=O) groups is 1. The molecule has 0 unspecified atom stereocenters. The average molecular weight is 258 g/mol. The van der Waals surface area contributed by atoms with Crippen molar-refractivity contribution in [3.63, 3.8) is 0 Å². The van der Waals surface area contributed by atoms with Gasteiger partial charge in [0, 0.05) is 21.7 Å². The number of hydrogen-bond acceptors (Lipinski definition) is 2. The predicted molar refractivity (Wildman–Crippen MR) is 70.9 cm³/mol. The molecule has 89 valence electrons. The number of rotatable bonds is 3. The normalized spacial score (nSPS) is 10.1. The molecule has 0 fully saturated rings. The molecule has 0 aliphatic heterocycles. The zero-order chi connectivity index (χ0) is 13.1. The van der Waals surface area contributed by atoms with Gasteiger partial charge in [0.25, 0.3) is 0 Å². The van der Waals surface area contributed by atoms with Gasteiger partial charge < -0.3 is 0 Å². The second-order valence-corrected chi connectivity index (χ2v) is 4.35. The standard InChI is InChI=1S/C15H10ClO2/c1-10-12(9-17)3-2-4-14(10)15(18)11-5-7-13(16)8-6-11/h2-8H,1H3.